The molecule has 0 bridgehead atoms. The van der Waals surface area contributed by atoms with Crippen molar-refractivity contribution in [1.29, 1.82) is 0 Å². The van der Waals surface area contributed by atoms with Crippen LogP contribution in [0.3, 0.4) is 0 Å². The first kappa shape index (κ1) is 17.5. The molecule has 4 nitrogen and oxygen atoms in total. The summed E-state index contributed by atoms with van der Waals surface area (Å²) >= 11 is 1.63. The van der Waals surface area contributed by atoms with Crippen LogP contribution in [0, 0.1) is 5.92 Å². The second-order valence-corrected chi connectivity index (χ2v) is 7.63. The van der Waals surface area contributed by atoms with Crippen LogP contribution in [0.5, 0.6) is 5.75 Å². The SMILES string of the molecule is CC(C)COc1ccc(Nc2ncnc3scc(-c4ccccc4)c23)cc1. The molecule has 27 heavy (non-hydrogen) atoms. The Balaban J connectivity index is 1.63. The van der Waals surface area contributed by atoms with E-state index in [0.29, 0.717) is 12.5 Å². The highest BCUT2D eigenvalue weighted by molar-refractivity contribution is 7.17. The van der Waals surface area contributed by atoms with Crippen LogP contribution < -0.4 is 10.1 Å². The topological polar surface area (TPSA) is 47.0 Å². The lowest BCUT2D eigenvalue weighted by Crippen LogP contribution is -2.04. The molecular weight excluding hydrogens is 354 g/mol. The largest absolute Gasteiger partial charge is 0.493 e. The van der Waals surface area contributed by atoms with E-state index < -0.39 is 0 Å². The van der Waals surface area contributed by atoms with Gasteiger partial charge in [0.25, 0.3) is 0 Å². The molecule has 0 aliphatic rings. The molecule has 4 aromatic rings. The molecule has 0 radical (unpaired) electrons. The predicted molar refractivity (Wildman–Crippen MR) is 113 cm³/mol. The van der Waals surface area contributed by atoms with Gasteiger partial charge in [-0.25, -0.2) is 9.97 Å². The maximum Gasteiger partial charge on any atom is 0.143 e. The number of hydrogen-bond acceptors (Lipinski definition) is 5. The van der Waals surface area contributed by atoms with Crippen molar-refractivity contribution >= 4 is 33.1 Å². The number of benzene rings is 2. The molecule has 0 spiro atoms. The summed E-state index contributed by atoms with van der Waals surface area (Å²) in [5.41, 5.74) is 3.28. The lowest BCUT2D eigenvalue weighted by Gasteiger charge is -2.11. The van der Waals surface area contributed by atoms with E-state index in [1.807, 2.05) is 42.5 Å². The van der Waals surface area contributed by atoms with Gasteiger partial charge in [-0.3, -0.25) is 0 Å². The summed E-state index contributed by atoms with van der Waals surface area (Å²) in [5.74, 6) is 2.20. The average Bonchev–Trinajstić information content (AvgIpc) is 3.13. The quantitative estimate of drug-likeness (QED) is 0.440. The standard InChI is InChI=1S/C22H21N3OS/c1-15(2)12-26-18-10-8-17(9-11-18)25-21-20-19(16-6-4-3-5-7-16)13-27-22(20)24-14-23-21/h3-11,13-15H,12H2,1-2H3,(H,23,24,25). The van der Waals surface area contributed by atoms with Crippen molar-refractivity contribution in [1.82, 2.24) is 9.97 Å². The molecule has 136 valence electrons. The molecule has 1 N–H and O–H groups in total. The third-order valence-electron chi connectivity index (χ3n) is 4.16. The van der Waals surface area contributed by atoms with Gasteiger partial charge in [0.05, 0.1) is 12.0 Å². The predicted octanol–water partition coefficient (Wildman–Crippen LogP) is 6.14. The number of rotatable bonds is 6. The van der Waals surface area contributed by atoms with Gasteiger partial charge in [-0.1, -0.05) is 44.2 Å². The summed E-state index contributed by atoms with van der Waals surface area (Å²) in [6, 6.07) is 18.3. The maximum absolute atomic E-state index is 5.76. The molecule has 0 aliphatic carbocycles. The van der Waals surface area contributed by atoms with Gasteiger partial charge in [0.1, 0.15) is 22.7 Å². The summed E-state index contributed by atoms with van der Waals surface area (Å²) in [5, 5.41) is 6.63. The van der Waals surface area contributed by atoms with E-state index in [4.69, 9.17) is 4.74 Å². The molecule has 0 saturated heterocycles. The Morgan fingerprint density at radius 2 is 1.78 bits per heavy atom. The molecule has 2 heterocycles. The van der Waals surface area contributed by atoms with Crippen molar-refractivity contribution in [3.8, 4) is 16.9 Å². The van der Waals surface area contributed by atoms with Gasteiger partial charge in [0, 0.05) is 16.6 Å². The van der Waals surface area contributed by atoms with Crippen molar-refractivity contribution in [3.05, 3.63) is 66.3 Å². The first-order valence-corrected chi connectivity index (χ1v) is 9.86. The van der Waals surface area contributed by atoms with Gasteiger partial charge < -0.3 is 10.1 Å². The molecule has 0 atom stereocenters. The molecule has 0 aliphatic heterocycles. The van der Waals surface area contributed by atoms with Crippen LogP contribution in [0.25, 0.3) is 21.3 Å². The van der Waals surface area contributed by atoms with Crippen LogP contribution in [-0.4, -0.2) is 16.6 Å². The van der Waals surface area contributed by atoms with Crippen molar-refractivity contribution in [3.63, 3.8) is 0 Å². The molecule has 2 aromatic heterocycles. The highest BCUT2D eigenvalue weighted by atomic mass is 32.1. The monoisotopic (exact) mass is 375 g/mol. The highest BCUT2D eigenvalue weighted by Crippen LogP contribution is 2.37. The zero-order chi connectivity index (χ0) is 18.6. The fourth-order valence-corrected chi connectivity index (χ4v) is 3.75. The van der Waals surface area contributed by atoms with Gasteiger partial charge in [-0.15, -0.1) is 11.3 Å². The number of nitrogens with zero attached hydrogens (tertiary/aromatic N) is 2. The van der Waals surface area contributed by atoms with Crippen molar-refractivity contribution in [2.45, 2.75) is 13.8 Å². The first-order chi connectivity index (χ1) is 13.2. The molecule has 0 unspecified atom stereocenters. The van der Waals surface area contributed by atoms with Gasteiger partial charge in [0.15, 0.2) is 0 Å². The Hall–Kier alpha value is -2.92. The van der Waals surface area contributed by atoms with Crippen LogP contribution in [0.4, 0.5) is 11.5 Å². The number of nitrogens with one attached hydrogen (secondary N) is 1. The summed E-state index contributed by atoms with van der Waals surface area (Å²) in [7, 11) is 0. The highest BCUT2D eigenvalue weighted by Gasteiger charge is 2.13. The van der Waals surface area contributed by atoms with E-state index in [1.54, 1.807) is 17.7 Å². The van der Waals surface area contributed by atoms with Crippen LogP contribution >= 0.6 is 11.3 Å². The third-order valence-corrected chi connectivity index (χ3v) is 5.04. The van der Waals surface area contributed by atoms with E-state index >= 15 is 0 Å². The van der Waals surface area contributed by atoms with E-state index in [1.165, 1.54) is 5.56 Å². The van der Waals surface area contributed by atoms with E-state index in [-0.39, 0.29) is 0 Å². The van der Waals surface area contributed by atoms with Gasteiger partial charge in [-0.2, -0.15) is 0 Å². The van der Waals surface area contributed by atoms with Crippen molar-refractivity contribution in [2.24, 2.45) is 5.92 Å². The first-order valence-electron chi connectivity index (χ1n) is 8.98. The second-order valence-electron chi connectivity index (χ2n) is 6.77. The lowest BCUT2D eigenvalue weighted by atomic mass is 10.1. The summed E-state index contributed by atoms with van der Waals surface area (Å²) in [6.45, 7) is 5.00. The van der Waals surface area contributed by atoms with Gasteiger partial charge in [-0.05, 0) is 35.7 Å². The zero-order valence-corrected chi connectivity index (χ0v) is 16.2. The summed E-state index contributed by atoms with van der Waals surface area (Å²) in [4.78, 5) is 9.90. The minimum absolute atomic E-state index is 0.507. The van der Waals surface area contributed by atoms with Crippen molar-refractivity contribution in [2.75, 3.05) is 11.9 Å². The van der Waals surface area contributed by atoms with Gasteiger partial charge in [0.2, 0.25) is 0 Å². The fourth-order valence-electron chi connectivity index (χ4n) is 2.83. The zero-order valence-electron chi connectivity index (χ0n) is 15.3. The number of thiophene rings is 1. The fraction of sp³-hybridized carbons (Fsp3) is 0.182. The van der Waals surface area contributed by atoms with E-state index in [9.17, 15) is 0 Å². The molecule has 0 amide bonds. The van der Waals surface area contributed by atoms with Crippen LogP contribution in [0.15, 0.2) is 66.3 Å². The number of ether oxygens (including phenoxy) is 1. The van der Waals surface area contributed by atoms with Crippen LogP contribution in [0.1, 0.15) is 13.8 Å². The molecule has 0 fully saturated rings. The summed E-state index contributed by atoms with van der Waals surface area (Å²) < 4.78 is 5.76. The Bertz CT molecular complexity index is 1030. The number of hydrogen-bond donors (Lipinski definition) is 1. The second kappa shape index (κ2) is 7.76. The summed E-state index contributed by atoms with van der Waals surface area (Å²) in [6.07, 6.45) is 1.61. The molecular formula is C22H21N3OS. The van der Waals surface area contributed by atoms with E-state index in [2.05, 4.69) is 46.6 Å². The molecule has 5 heteroatoms. The Morgan fingerprint density at radius 1 is 1.00 bits per heavy atom. The normalized spacial score (nSPS) is 11.1. The van der Waals surface area contributed by atoms with Crippen LogP contribution in [0.2, 0.25) is 0 Å². The number of fused-ring (bicyclic) bond motifs is 1. The van der Waals surface area contributed by atoms with Gasteiger partial charge >= 0.3 is 0 Å². The Labute approximate surface area is 162 Å². The number of anilines is 2. The van der Waals surface area contributed by atoms with Crippen LogP contribution in [-0.2, 0) is 0 Å². The average molecular weight is 375 g/mol. The van der Waals surface area contributed by atoms with Crippen molar-refractivity contribution < 1.29 is 4.74 Å². The van der Waals surface area contributed by atoms with E-state index in [0.717, 1.165) is 33.0 Å². The Morgan fingerprint density at radius 3 is 2.52 bits per heavy atom. The Kier molecular flexibility index (Phi) is 5.03. The smallest absolute Gasteiger partial charge is 0.143 e. The number of aromatic nitrogens is 2. The lowest BCUT2D eigenvalue weighted by molar-refractivity contribution is 0.271. The molecule has 0 saturated carbocycles. The molecule has 4 rings (SSSR count). The minimum atomic E-state index is 0.507. The maximum atomic E-state index is 5.76. The molecule has 2 aromatic carbocycles. The third kappa shape index (κ3) is 3.93. The minimum Gasteiger partial charge on any atom is -0.493 e.